The van der Waals surface area contributed by atoms with Gasteiger partial charge in [0.1, 0.15) is 5.75 Å². The number of nitrogens with zero attached hydrogens (tertiary/aromatic N) is 2. The first-order valence-corrected chi connectivity index (χ1v) is 7.80. The Labute approximate surface area is 129 Å². The summed E-state index contributed by atoms with van der Waals surface area (Å²) in [4.78, 5) is 5.04. The molecule has 1 heterocycles. The summed E-state index contributed by atoms with van der Waals surface area (Å²) in [5.41, 5.74) is 1.63. The van der Waals surface area contributed by atoms with Gasteiger partial charge in [-0.15, -0.1) is 0 Å². The lowest BCUT2D eigenvalue weighted by atomic mass is 9.92. The maximum absolute atomic E-state index is 5.22. The zero-order valence-corrected chi connectivity index (χ0v) is 13.9. The van der Waals surface area contributed by atoms with Crippen LogP contribution in [0.2, 0.25) is 0 Å². The van der Waals surface area contributed by atoms with Crippen LogP contribution in [0.25, 0.3) is 0 Å². The Morgan fingerprint density at radius 2 is 1.71 bits per heavy atom. The number of anilines is 1. The second-order valence-electron chi connectivity index (χ2n) is 6.66. The predicted octanol–water partition coefficient (Wildman–Crippen LogP) is 2.06. The van der Waals surface area contributed by atoms with E-state index >= 15 is 0 Å². The molecule has 0 spiro atoms. The molecule has 118 valence electrons. The fraction of sp³-hybridized carbons (Fsp3) is 0.647. The molecule has 1 N–H and O–H groups in total. The molecule has 1 saturated heterocycles. The Morgan fingerprint density at radius 1 is 1.10 bits per heavy atom. The molecule has 1 aliphatic rings. The fourth-order valence-corrected chi connectivity index (χ4v) is 3.10. The Morgan fingerprint density at radius 3 is 2.24 bits per heavy atom. The van der Waals surface area contributed by atoms with Crippen LogP contribution in [0.4, 0.5) is 5.69 Å². The zero-order chi connectivity index (χ0) is 15.3. The summed E-state index contributed by atoms with van der Waals surface area (Å²) in [6.07, 6.45) is 0. The van der Waals surface area contributed by atoms with Gasteiger partial charge in [-0.3, -0.25) is 4.90 Å². The van der Waals surface area contributed by atoms with Gasteiger partial charge in [-0.1, -0.05) is 13.8 Å². The fourth-order valence-electron chi connectivity index (χ4n) is 3.10. The summed E-state index contributed by atoms with van der Waals surface area (Å²) in [6, 6.07) is 8.38. The Balaban J connectivity index is 1.85. The molecule has 0 saturated carbocycles. The first-order valence-electron chi connectivity index (χ1n) is 7.80. The Kier molecular flexibility index (Phi) is 5.48. The zero-order valence-electron chi connectivity index (χ0n) is 13.9. The maximum Gasteiger partial charge on any atom is 0.119 e. The van der Waals surface area contributed by atoms with Gasteiger partial charge >= 0.3 is 0 Å². The van der Waals surface area contributed by atoms with Crippen molar-refractivity contribution in [3.8, 4) is 5.75 Å². The summed E-state index contributed by atoms with van der Waals surface area (Å²) in [5.74, 6) is 0.922. The lowest BCUT2D eigenvalue weighted by molar-refractivity contribution is 0.168. The molecule has 1 aliphatic heterocycles. The van der Waals surface area contributed by atoms with Gasteiger partial charge in [-0.25, -0.2) is 0 Å². The number of piperazine rings is 1. The van der Waals surface area contributed by atoms with E-state index in [-0.39, 0.29) is 0 Å². The van der Waals surface area contributed by atoms with Crippen LogP contribution in [-0.2, 0) is 0 Å². The van der Waals surface area contributed by atoms with Gasteiger partial charge in [0.15, 0.2) is 0 Å². The predicted molar refractivity (Wildman–Crippen MR) is 89.4 cm³/mol. The molecule has 21 heavy (non-hydrogen) atoms. The minimum atomic E-state index is 0.330. The van der Waals surface area contributed by atoms with E-state index in [1.54, 1.807) is 7.11 Å². The van der Waals surface area contributed by atoms with E-state index in [1.807, 2.05) is 19.2 Å². The molecule has 4 nitrogen and oxygen atoms in total. The van der Waals surface area contributed by atoms with Crippen molar-refractivity contribution in [2.75, 3.05) is 58.3 Å². The minimum Gasteiger partial charge on any atom is -0.497 e. The Hall–Kier alpha value is -1.26. The normalized spacial score (nSPS) is 17.0. The Bertz CT molecular complexity index is 422. The van der Waals surface area contributed by atoms with Crippen molar-refractivity contribution >= 4 is 5.69 Å². The van der Waals surface area contributed by atoms with Gasteiger partial charge < -0.3 is 15.0 Å². The average Bonchev–Trinajstić information content (AvgIpc) is 2.48. The third-order valence-corrected chi connectivity index (χ3v) is 4.12. The van der Waals surface area contributed by atoms with Crippen LogP contribution in [-0.4, -0.2) is 58.3 Å². The molecule has 0 radical (unpaired) electrons. The molecule has 0 bridgehead atoms. The topological polar surface area (TPSA) is 27.7 Å². The highest BCUT2D eigenvalue weighted by atomic mass is 16.5. The van der Waals surface area contributed by atoms with Crippen LogP contribution >= 0.6 is 0 Å². The monoisotopic (exact) mass is 291 g/mol. The maximum atomic E-state index is 5.22. The van der Waals surface area contributed by atoms with Crippen molar-refractivity contribution in [2.24, 2.45) is 5.41 Å². The van der Waals surface area contributed by atoms with Crippen LogP contribution in [0.3, 0.4) is 0 Å². The summed E-state index contributed by atoms with van der Waals surface area (Å²) >= 11 is 0. The quantitative estimate of drug-likeness (QED) is 0.868. The van der Waals surface area contributed by atoms with Crippen molar-refractivity contribution in [3.63, 3.8) is 0 Å². The van der Waals surface area contributed by atoms with Gasteiger partial charge in [-0.2, -0.15) is 0 Å². The number of benzene rings is 1. The number of methoxy groups -OCH3 is 1. The SMILES string of the molecule is CNCC(C)(C)CN1CCN(c2ccc(OC)cc2)CC1. The largest absolute Gasteiger partial charge is 0.497 e. The summed E-state index contributed by atoms with van der Waals surface area (Å²) in [5, 5.41) is 3.29. The molecule has 0 amide bonds. The molecule has 0 aliphatic carbocycles. The number of rotatable bonds is 6. The molecular formula is C17H29N3O. The van der Waals surface area contributed by atoms with E-state index in [4.69, 9.17) is 4.74 Å². The first kappa shape index (κ1) is 16.1. The molecule has 1 fully saturated rings. The van der Waals surface area contributed by atoms with Crippen LogP contribution in [0, 0.1) is 5.41 Å². The van der Waals surface area contributed by atoms with Crippen molar-refractivity contribution in [3.05, 3.63) is 24.3 Å². The van der Waals surface area contributed by atoms with Gasteiger partial charge in [0.2, 0.25) is 0 Å². The average molecular weight is 291 g/mol. The van der Waals surface area contributed by atoms with Crippen LogP contribution in [0.5, 0.6) is 5.75 Å². The molecule has 0 atom stereocenters. The molecular weight excluding hydrogens is 262 g/mol. The van der Waals surface area contributed by atoms with Gasteiger partial charge in [0.05, 0.1) is 7.11 Å². The molecule has 2 rings (SSSR count). The highest BCUT2D eigenvalue weighted by Crippen LogP contribution is 2.22. The highest BCUT2D eigenvalue weighted by molar-refractivity contribution is 5.49. The smallest absolute Gasteiger partial charge is 0.119 e. The number of hydrogen-bond donors (Lipinski definition) is 1. The van der Waals surface area contributed by atoms with E-state index in [1.165, 1.54) is 5.69 Å². The van der Waals surface area contributed by atoms with Crippen molar-refractivity contribution in [2.45, 2.75) is 13.8 Å². The third kappa shape index (κ3) is 4.61. The van der Waals surface area contributed by atoms with Gasteiger partial charge in [-0.05, 0) is 36.7 Å². The summed E-state index contributed by atoms with van der Waals surface area (Å²) in [6.45, 7) is 11.4. The number of ether oxygens (including phenoxy) is 1. The molecule has 0 unspecified atom stereocenters. The third-order valence-electron chi connectivity index (χ3n) is 4.12. The number of nitrogens with one attached hydrogen (secondary N) is 1. The van der Waals surface area contributed by atoms with E-state index in [2.05, 4.69) is 41.1 Å². The highest BCUT2D eigenvalue weighted by Gasteiger charge is 2.24. The molecule has 1 aromatic rings. The van der Waals surface area contributed by atoms with Crippen molar-refractivity contribution in [1.82, 2.24) is 10.2 Å². The van der Waals surface area contributed by atoms with Crippen LogP contribution in [0.1, 0.15) is 13.8 Å². The van der Waals surface area contributed by atoms with Crippen molar-refractivity contribution in [1.29, 1.82) is 0 Å². The van der Waals surface area contributed by atoms with Crippen molar-refractivity contribution < 1.29 is 4.74 Å². The lowest BCUT2D eigenvalue weighted by Crippen LogP contribution is -2.50. The molecule has 1 aromatic carbocycles. The van der Waals surface area contributed by atoms with Crippen LogP contribution < -0.4 is 15.0 Å². The second-order valence-corrected chi connectivity index (χ2v) is 6.66. The summed E-state index contributed by atoms with van der Waals surface area (Å²) < 4.78 is 5.22. The van der Waals surface area contributed by atoms with E-state index < -0.39 is 0 Å². The van der Waals surface area contributed by atoms with Gasteiger partial charge in [0, 0.05) is 45.0 Å². The minimum absolute atomic E-state index is 0.330. The lowest BCUT2D eigenvalue weighted by Gasteiger charge is -2.39. The molecule has 0 aromatic heterocycles. The van der Waals surface area contributed by atoms with Gasteiger partial charge in [0.25, 0.3) is 0 Å². The van der Waals surface area contributed by atoms with E-state index in [0.717, 1.165) is 45.0 Å². The van der Waals surface area contributed by atoms with Crippen LogP contribution in [0.15, 0.2) is 24.3 Å². The number of hydrogen-bond acceptors (Lipinski definition) is 4. The second kappa shape index (κ2) is 7.14. The van der Waals surface area contributed by atoms with E-state index in [9.17, 15) is 0 Å². The standard InChI is InChI=1S/C17H29N3O/c1-17(2,13-18-3)14-19-9-11-20(12-10-19)15-5-7-16(21-4)8-6-15/h5-8,18H,9-14H2,1-4H3. The molecule has 4 heteroatoms. The van der Waals surface area contributed by atoms with E-state index in [0.29, 0.717) is 5.41 Å². The first-order chi connectivity index (χ1) is 10.0. The summed E-state index contributed by atoms with van der Waals surface area (Å²) in [7, 11) is 3.74.